The van der Waals surface area contributed by atoms with Crippen LogP contribution >= 0.6 is 0 Å². The fourth-order valence-electron chi connectivity index (χ4n) is 0.865. The summed E-state index contributed by atoms with van der Waals surface area (Å²) in [6.07, 6.45) is -5.65. The quantitative estimate of drug-likeness (QED) is 0.709. The average molecular weight is 212 g/mol. The van der Waals surface area contributed by atoms with Gasteiger partial charge in [-0.1, -0.05) is 12.1 Å². The van der Waals surface area contributed by atoms with E-state index in [0.717, 1.165) is 12.1 Å². The van der Waals surface area contributed by atoms with Crippen molar-refractivity contribution in [2.75, 3.05) is 0 Å². The Morgan fingerprint density at radius 1 is 1.00 bits per heavy atom. The predicted molar refractivity (Wildman–Crippen MR) is 38.1 cm³/mol. The van der Waals surface area contributed by atoms with E-state index in [-0.39, 0.29) is 0 Å². The molecular weight excluding hydrogens is 207 g/mol. The van der Waals surface area contributed by atoms with Crippen LogP contribution in [0.25, 0.3) is 0 Å². The summed E-state index contributed by atoms with van der Waals surface area (Å²) in [5.41, 5.74) is -1.27. The zero-order chi connectivity index (χ0) is 11.0. The molecule has 0 aromatic heterocycles. The minimum absolute atomic E-state index is 0.382. The second-order valence-corrected chi connectivity index (χ2v) is 2.62. The minimum Gasteiger partial charge on any atom is -0.508 e. The van der Waals surface area contributed by atoms with Crippen LogP contribution in [0, 0.1) is 0 Å². The van der Waals surface area contributed by atoms with Crippen LogP contribution in [0.1, 0.15) is 5.56 Å². The first-order valence-corrected chi connectivity index (χ1v) is 3.49. The second kappa shape index (κ2) is 3.11. The molecule has 78 valence electrons. The first kappa shape index (κ1) is 10.7. The van der Waals surface area contributed by atoms with E-state index in [1.165, 1.54) is 0 Å². The zero-order valence-electron chi connectivity index (χ0n) is 6.65. The van der Waals surface area contributed by atoms with Crippen molar-refractivity contribution in [3.8, 4) is 5.75 Å². The summed E-state index contributed by atoms with van der Waals surface area (Å²) < 4.78 is 60.7. The Morgan fingerprint density at radius 3 is 2.00 bits per heavy atom. The third-order valence-electron chi connectivity index (χ3n) is 1.56. The van der Waals surface area contributed by atoms with Crippen LogP contribution in [-0.2, 0) is 5.92 Å². The molecule has 1 N–H and O–H groups in total. The molecule has 0 aliphatic heterocycles. The lowest BCUT2D eigenvalue weighted by Crippen LogP contribution is -2.33. The maximum absolute atomic E-state index is 12.6. The molecule has 0 radical (unpaired) electrons. The Morgan fingerprint density at radius 2 is 1.57 bits per heavy atom. The summed E-state index contributed by atoms with van der Waals surface area (Å²) in [5.74, 6) is -5.57. The molecule has 0 amide bonds. The number of phenolic OH excluding ortho intramolecular Hbond substituents is 1. The molecule has 14 heavy (non-hydrogen) atoms. The predicted octanol–water partition coefficient (Wildman–Crippen LogP) is 3.05. The van der Waals surface area contributed by atoms with Crippen LogP contribution in [0.4, 0.5) is 22.0 Å². The van der Waals surface area contributed by atoms with Gasteiger partial charge in [0.15, 0.2) is 0 Å². The van der Waals surface area contributed by atoms with E-state index in [2.05, 4.69) is 0 Å². The van der Waals surface area contributed by atoms with E-state index in [9.17, 15) is 22.0 Å². The van der Waals surface area contributed by atoms with Crippen LogP contribution in [0.5, 0.6) is 5.75 Å². The van der Waals surface area contributed by atoms with Gasteiger partial charge >= 0.3 is 12.1 Å². The van der Waals surface area contributed by atoms with E-state index >= 15 is 0 Å². The highest BCUT2D eigenvalue weighted by molar-refractivity contribution is 5.30. The molecule has 1 rings (SSSR count). The molecular formula is C8H5F5O. The van der Waals surface area contributed by atoms with E-state index in [0.29, 0.717) is 12.1 Å². The van der Waals surface area contributed by atoms with Gasteiger partial charge in [0, 0.05) is 5.56 Å². The number of rotatable bonds is 1. The van der Waals surface area contributed by atoms with Gasteiger partial charge in [-0.25, -0.2) is 0 Å². The highest BCUT2D eigenvalue weighted by atomic mass is 19.4. The van der Waals surface area contributed by atoms with Crippen LogP contribution in [0.3, 0.4) is 0 Å². The van der Waals surface area contributed by atoms with Crippen LogP contribution in [-0.4, -0.2) is 11.3 Å². The molecule has 0 spiro atoms. The fourth-order valence-corrected chi connectivity index (χ4v) is 0.865. The van der Waals surface area contributed by atoms with Crippen molar-refractivity contribution in [2.45, 2.75) is 12.1 Å². The van der Waals surface area contributed by atoms with Crippen molar-refractivity contribution in [3.05, 3.63) is 29.8 Å². The standard InChI is InChI=1S/C8H5F5O/c9-7(10,8(11,12)13)5-2-1-3-6(14)4-5/h1-4,14H. The minimum atomic E-state index is -5.65. The van der Waals surface area contributed by atoms with Crippen molar-refractivity contribution in [2.24, 2.45) is 0 Å². The highest BCUT2D eigenvalue weighted by Gasteiger charge is 2.58. The number of hydrogen-bond acceptors (Lipinski definition) is 1. The van der Waals surface area contributed by atoms with Crippen molar-refractivity contribution >= 4 is 0 Å². The van der Waals surface area contributed by atoms with Crippen LogP contribution < -0.4 is 0 Å². The maximum Gasteiger partial charge on any atom is 0.458 e. The normalized spacial score (nSPS) is 12.9. The topological polar surface area (TPSA) is 20.2 Å². The first-order chi connectivity index (χ1) is 6.25. The van der Waals surface area contributed by atoms with E-state index < -0.39 is 23.4 Å². The number of halogens is 5. The summed E-state index contributed by atoms with van der Waals surface area (Å²) in [5, 5.41) is 8.74. The zero-order valence-corrected chi connectivity index (χ0v) is 6.65. The van der Waals surface area contributed by atoms with Gasteiger partial charge in [0.25, 0.3) is 0 Å². The van der Waals surface area contributed by atoms with Crippen molar-refractivity contribution < 1.29 is 27.1 Å². The number of alkyl halides is 5. The summed E-state index contributed by atoms with van der Waals surface area (Å²) >= 11 is 0. The smallest absolute Gasteiger partial charge is 0.458 e. The second-order valence-electron chi connectivity index (χ2n) is 2.62. The SMILES string of the molecule is Oc1cccc(C(F)(F)C(F)(F)F)c1. The van der Waals surface area contributed by atoms with Gasteiger partial charge in [-0.2, -0.15) is 22.0 Å². The molecule has 0 saturated heterocycles. The number of benzene rings is 1. The van der Waals surface area contributed by atoms with Gasteiger partial charge in [0.05, 0.1) is 0 Å². The molecule has 1 aromatic carbocycles. The van der Waals surface area contributed by atoms with Crippen molar-refractivity contribution in [1.82, 2.24) is 0 Å². The van der Waals surface area contributed by atoms with Gasteiger partial charge in [-0.15, -0.1) is 0 Å². The van der Waals surface area contributed by atoms with E-state index in [4.69, 9.17) is 5.11 Å². The summed E-state index contributed by atoms with van der Waals surface area (Å²) in [4.78, 5) is 0. The molecule has 1 aromatic rings. The third-order valence-corrected chi connectivity index (χ3v) is 1.56. The van der Waals surface area contributed by atoms with Crippen LogP contribution in [0.15, 0.2) is 24.3 Å². The average Bonchev–Trinajstić information content (AvgIpc) is 2.02. The molecule has 0 atom stereocenters. The molecule has 0 bridgehead atoms. The number of hydrogen-bond donors (Lipinski definition) is 1. The van der Waals surface area contributed by atoms with Gasteiger partial charge in [0.1, 0.15) is 5.75 Å². The summed E-state index contributed by atoms with van der Waals surface area (Å²) in [6, 6.07) is 2.92. The first-order valence-electron chi connectivity index (χ1n) is 3.49. The Hall–Kier alpha value is -1.33. The Kier molecular flexibility index (Phi) is 2.39. The molecule has 0 aliphatic carbocycles. The molecule has 0 aliphatic rings. The Balaban J connectivity index is 3.16. The molecule has 6 heteroatoms. The lowest BCUT2D eigenvalue weighted by atomic mass is 10.1. The van der Waals surface area contributed by atoms with Gasteiger partial charge < -0.3 is 5.11 Å². The molecule has 0 unspecified atom stereocenters. The van der Waals surface area contributed by atoms with Crippen LogP contribution in [0.2, 0.25) is 0 Å². The van der Waals surface area contributed by atoms with Gasteiger partial charge in [0.2, 0.25) is 0 Å². The summed E-state index contributed by atoms with van der Waals surface area (Å²) in [7, 11) is 0. The summed E-state index contributed by atoms with van der Waals surface area (Å²) in [6.45, 7) is 0. The monoisotopic (exact) mass is 212 g/mol. The fraction of sp³-hybridized carbons (Fsp3) is 0.250. The Bertz CT molecular complexity index is 331. The number of phenols is 1. The van der Waals surface area contributed by atoms with Crippen molar-refractivity contribution in [3.63, 3.8) is 0 Å². The third kappa shape index (κ3) is 1.78. The van der Waals surface area contributed by atoms with E-state index in [1.807, 2.05) is 0 Å². The molecule has 0 saturated carbocycles. The molecule has 1 nitrogen and oxygen atoms in total. The highest BCUT2D eigenvalue weighted by Crippen LogP contribution is 2.44. The van der Waals surface area contributed by atoms with Crippen molar-refractivity contribution in [1.29, 1.82) is 0 Å². The lowest BCUT2D eigenvalue weighted by molar-refractivity contribution is -0.289. The largest absolute Gasteiger partial charge is 0.508 e. The number of aromatic hydroxyl groups is 1. The Labute approximate surface area is 75.8 Å². The molecule has 0 fully saturated rings. The maximum atomic E-state index is 12.6. The molecule has 0 heterocycles. The van der Waals surface area contributed by atoms with Gasteiger partial charge in [-0.05, 0) is 12.1 Å². The lowest BCUT2D eigenvalue weighted by Gasteiger charge is -2.19. The van der Waals surface area contributed by atoms with E-state index in [1.54, 1.807) is 0 Å². The van der Waals surface area contributed by atoms with Gasteiger partial charge in [-0.3, -0.25) is 0 Å².